The highest BCUT2D eigenvalue weighted by Crippen LogP contribution is 2.31. The lowest BCUT2D eigenvalue weighted by Crippen LogP contribution is -2.24. The first-order chi connectivity index (χ1) is 17.2. The van der Waals surface area contributed by atoms with Gasteiger partial charge in [-0.1, -0.05) is 30.0 Å². The Hall–Kier alpha value is -3.78. The van der Waals surface area contributed by atoms with E-state index >= 15 is 0 Å². The van der Waals surface area contributed by atoms with Crippen LogP contribution in [0.15, 0.2) is 83.0 Å². The van der Waals surface area contributed by atoms with Crippen LogP contribution in [0, 0.1) is 5.82 Å². The maximum atomic E-state index is 13.5. The van der Waals surface area contributed by atoms with E-state index in [2.05, 4.69) is 4.98 Å². The summed E-state index contributed by atoms with van der Waals surface area (Å²) in [6, 6.07) is 17.7. The quantitative estimate of drug-likeness (QED) is 0.253. The molecule has 0 saturated carbocycles. The highest BCUT2D eigenvalue weighted by molar-refractivity contribution is 7.98. The summed E-state index contributed by atoms with van der Waals surface area (Å²) in [4.78, 5) is 22.4. The van der Waals surface area contributed by atoms with E-state index < -0.39 is 0 Å². The maximum absolute atomic E-state index is 13.5. The average molecular weight is 484 g/mol. The lowest BCUT2D eigenvalue weighted by molar-refractivity contribution is 0.626. The predicted molar refractivity (Wildman–Crippen MR) is 134 cm³/mol. The van der Waals surface area contributed by atoms with Gasteiger partial charge in [-0.2, -0.15) is 5.10 Å². The molecule has 6 nitrogen and oxygen atoms in total. The maximum Gasteiger partial charge on any atom is 0.262 e. The molecule has 0 radical (unpaired) electrons. The third kappa shape index (κ3) is 4.14. The first-order valence-electron chi connectivity index (χ1n) is 11.5. The largest absolute Gasteiger partial charge is 0.283 e. The molecule has 2 aromatic carbocycles. The Morgan fingerprint density at radius 3 is 2.69 bits per heavy atom. The predicted octanol–water partition coefficient (Wildman–Crippen LogP) is 4.95. The molecule has 0 fully saturated rings. The summed E-state index contributed by atoms with van der Waals surface area (Å²) in [6.45, 7) is 0.398. The van der Waals surface area contributed by atoms with Gasteiger partial charge in [0.2, 0.25) is 0 Å². The molecular weight excluding hydrogens is 461 g/mol. The zero-order valence-electron chi connectivity index (χ0n) is 18.9. The molecule has 8 heteroatoms. The molecule has 5 aromatic rings. The molecule has 3 aromatic heterocycles. The monoisotopic (exact) mass is 483 g/mol. The van der Waals surface area contributed by atoms with Gasteiger partial charge in [0, 0.05) is 23.8 Å². The van der Waals surface area contributed by atoms with Gasteiger partial charge in [-0.25, -0.2) is 14.1 Å². The van der Waals surface area contributed by atoms with Gasteiger partial charge in [0.15, 0.2) is 5.16 Å². The third-order valence-corrected chi connectivity index (χ3v) is 7.30. The van der Waals surface area contributed by atoms with Crippen molar-refractivity contribution >= 4 is 22.7 Å². The summed E-state index contributed by atoms with van der Waals surface area (Å²) >= 11 is 1.52. The number of thioether (sulfide) groups is 1. The molecule has 0 bridgehead atoms. The van der Waals surface area contributed by atoms with Crippen molar-refractivity contribution in [1.29, 1.82) is 0 Å². The van der Waals surface area contributed by atoms with E-state index in [-0.39, 0.29) is 11.4 Å². The number of aromatic nitrogens is 5. The Balaban J connectivity index is 1.37. The molecule has 0 aliphatic heterocycles. The number of nitrogens with zero attached hydrogens (tertiary/aromatic N) is 5. The van der Waals surface area contributed by atoms with E-state index in [1.807, 2.05) is 41.1 Å². The lowest BCUT2D eigenvalue weighted by Gasteiger charge is -2.13. The molecule has 6 rings (SSSR count). The number of rotatable bonds is 6. The summed E-state index contributed by atoms with van der Waals surface area (Å²) in [5.74, 6) is 0.330. The SMILES string of the molecule is O=c1c2ccccc2nc(SCc2nn(-c3ccc(F)cc3)c3c2CCC3)n1Cc1cccnc1. The molecule has 174 valence electrons. The standard InChI is InChI=1S/C27H22FN5OS/c28-19-10-12-20(13-11-19)33-25-9-3-7-21(25)24(31-33)17-35-27-30-23-8-2-1-6-22(23)26(34)32(27)16-18-5-4-14-29-15-18/h1-2,4-6,8,10-15H,3,7,9,16-17H2. The average Bonchev–Trinajstić information content (AvgIpc) is 3.50. The number of fused-ring (bicyclic) bond motifs is 2. The van der Waals surface area contributed by atoms with Crippen LogP contribution in [0.25, 0.3) is 16.6 Å². The van der Waals surface area contributed by atoms with Gasteiger partial charge in [0.25, 0.3) is 5.56 Å². The van der Waals surface area contributed by atoms with Crippen molar-refractivity contribution in [1.82, 2.24) is 24.3 Å². The fraction of sp³-hybridized carbons (Fsp3) is 0.185. The first-order valence-corrected chi connectivity index (χ1v) is 12.5. The van der Waals surface area contributed by atoms with Gasteiger partial charge < -0.3 is 0 Å². The summed E-state index contributed by atoms with van der Waals surface area (Å²) < 4.78 is 17.1. The Kier molecular flexibility index (Phi) is 5.66. The van der Waals surface area contributed by atoms with E-state index in [1.54, 1.807) is 29.1 Å². The Morgan fingerprint density at radius 2 is 1.86 bits per heavy atom. The van der Waals surface area contributed by atoms with Crippen LogP contribution in [0.4, 0.5) is 4.39 Å². The van der Waals surface area contributed by atoms with Crippen molar-refractivity contribution in [2.24, 2.45) is 0 Å². The molecule has 1 aliphatic carbocycles. The Bertz CT molecular complexity index is 1580. The van der Waals surface area contributed by atoms with Crippen LogP contribution in [0.1, 0.15) is 28.9 Å². The molecule has 0 amide bonds. The topological polar surface area (TPSA) is 65.6 Å². The van der Waals surface area contributed by atoms with Crippen LogP contribution < -0.4 is 5.56 Å². The molecule has 35 heavy (non-hydrogen) atoms. The highest BCUT2D eigenvalue weighted by atomic mass is 32.2. The molecule has 1 aliphatic rings. The summed E-state index contributed by atoms with van der Waals surface area (Å²) in [5, 5.41) is 6.15. The summed E-state index contributed by atoms with van der Waals surface area (Å²) in [7, 11) is 0. The third-order valence-electron chi connectivity index (χ3n) is 6.31. The molecule has 0 saturated heterocycles. The minimum atomic E-state index is -0.262. The number of hydrogen-bond donors (Lipinski definition) is 0. The van der Waals surface area contributed by atoms with Crippen molar-refractivity contribution in [3.8, 4) is 5.69 Å². The lowest BCUT2D eigenvalue weighted by atomic mass is 10.2. The smallest absolute Gasteiger partial charge is 0.262 e. The molecule has 0 N–H and O–H groups in total. The van der Waals surface area contributed by atoms with Gasteiger partial charge >= 0.3 is 0 Å². The molecule has 3 heterocycles. The van der Waals surface area contributed by atoms with Crippen LogP contribution in [0.3, 0.4) is 0 Å². The zero-order valence-corrected chi connectivity index (χ0v) is 19.7. The second-order valence-electron chi connectivity index (χ2n) is 8.57. The van der Waals surface area contributed by atoms with E-state index in [9.17, 15) is 9.18 Å². The van der Waals surface area contributed by atoms with Crippen LogP contribution in [-0.2, 0) is 25.1 Å². The van der Waals surface area contributed by atoms with Crippen molar-refractivity contribution in [2.75, 3.05) is 0 Å². The van der Waals surface area contributed by atoms with E-state index in [1.165, 1.54) is 35.2 Å². The number of benzene rings is 2. The fourth-order valence-electron chi connectivity index (χ4n) is 4.63. The molecular formula is C27H22FN5OS. The second kappa shape index (κ2) is 9.11. The molecule has 0 unspecified atom stereocenters. The van der Waals surface area contributed by atoms with Gasteiger partial charge in [0.1, 0.15) is 5.82 Å². The van der Waals surface area contributed by atoms with E-state index in [0.29, 0.717) is 28.4 Å². The molecule has 0 atom stereocenters. The van der Waals surface area contributed by atoms with Crippen molar-refractivity contribution in [3.05, 3.63) is 112 Å². The van der Waals surface area contributed by atoms with Gasteiger partial charge in [-0.3, -0.25) is 14.3 Å². The number of hydrogen-bond acceptors (Lipinski definition) is 5. The van der Waals surface area contributed by atoms with E-state index in [4.69, 9.17) is 10.1 Å². The zero-order chi connectivity index (χ0) is 23.8. The second-order valence-corrected chi connectivity index (χ2v) is 9.51. The normalized spacial score (nSPS) is 12.8. The van der Waals surface area contributed by atoms with Crippen LogP contribution >= 0.6 is 11.8 Å². The fourth-order valence-corrected chi connectivity index (χ4v) is 5.59. The Labute approximate surface area is 205 Å². The van der Waals surface area contributed by atoms with Gasteiger partial charge in [0.05, 0.1) is 28.8 Å². The van der Waals surface area contributed by atoms with Crippen LogP contribution in [-0.4, -0.2) is 24.3 Å². The van der Waals surface area contributed by atoms with Crippen molar-refractivity contribution in [2.45, 2.75) is 36.7 Å². The summed E-state index contributed by atoms with van der Waals surface area (Å²) in [5.41, 5.74) is 5.85. The van der Waals surface area contributed by atoms with Gasteiger partial charge in [-0.15, -0.1) is 0 Å². The van der Waals surface area contributed by atoms with Crippen molar-refractivity contribution in [3.63, 3.8) is 0 Å². The van der Waals surface area contributed by atoms with Gasteiger partial charge in [-0.05, 0) is 72.9 Å². The van der Waals surface area contributed by atoms with E-state index in [0.717, 1.165) is 36.2 Å². The first kappa shape index (κ1) is 21.7. The Morgan fingerprint density at radius 1 is 1.00 bits per heavy atom. The minimum absolute atomic E-state index is 0.0657. The molecule has 0 spiro atoms. The highest BCUT2D eigenvalue weighted by Gasteiger charge is 2.24. The summed E-state index contributed by atoms with van der Waals surface area (Å²) in [6.07, 6.45) is 6.49. The van der Waals surface area contributed by atoms with Crippen molar-refractivity contribution < 1.29 is 4.39 Å². The minimum Gasteiger partial charge on any atom is -0.283 e. The van der Waals surface area contributed by atoms with Crippen LogP contribution in [0.2, 0.25) is 0 Å². The number of para-hydroxylation sites is 1. The van der Waals surface area contributed by atoms with Crippen LogP contribution in [0.5, 0.6) is 0 Å². The number of pyridine rings is 1. The number of halogens is 1.